The number of hydrogen-bond acceptors (Lipinski definition) is 3. The van der Waals surface area contributed by atoms with Crippen LogP contribution in [0, 0.1) is 0 Å². The van der Waals surface area contributed by atoms with Gasteiger partial charge >= 0.3 is 0 Å². The van der Waals surface area contributed by atoms with Gasteiger partial charge in [-0.2, -0.15) is 0 Å². The molecule has 0 spiro atoms. The zero-order valence-electron chi connectivity index (χ0n) is 12.0. The highest BCUT2D eigenvalue weighted by Crippen LogP contribution is 2.10. The smallest absolute Gasteiger partial charge is 0.229 e. The Morgan fingerprint density at radius 1 is 1.09 bits per heavy atom. The average Bonchev–Trinajstić information content (AvgIpc) is 2.98. The average molecular weight is 321 g/mol. The second-order valence-corrected chi connectivity index (χ2v) is 5.20. The zero-order chi connectivity index (χ0) is 15.8. The van der Waals surface area contributed by atoms with E-state index < -0.39 is 0 Å². The van der Waals surface area contributed by atoms with Gasteiger partial charge in [0.15, 0.2) is 0 Å². The van der Waals surface area contributed by atoms with Gasteiger partial charge in [0.2, 0.25) is 11.8 Å². The fourth-order valence-corrected chi connectivity index (χ4v) is 2.12. The van der Waals surface area contributed by atoms with E-state index in [4.69, 9.17) is 16.0 Å². The van der Waals surface area contributed by atoms with Gasteiger partial charge in [-0.3, -0.25) is 9.59 Å². The molecule has 0 atom stereocenters. The first-order valence-electron chi connectivity index (χ1n) is 6.94. The highest BCUT2D eigenvalue weighted by Gasteiger charge is 2.09. The van der Waals surface area contributed by atoms with E-state index in [0.717, 1.165) is 5.56 Å². The van der Waals surface area contributed by atoms with Crippen molar-refractivity contribution in [2.24, 2.45) is 0 Å². The Balaban J connectivity index is 1.63. The van der Waals surface area contributed by atoms with Gasteiger partial charge in [-0.05, 0) is 36.2 Å². The lowest BCUT2D eigenvalue weighted by atomic mass is 10.1. The molecule has 6 heteroatoms. The molecule has 2 amide bonds. The molecular formula is C16H17ClN2O3. The Morgan fingerprint density at radius 3 is 2.64 bits per heavy atom. The molecule has 22 heavy (non-hydrogen) atoms. The first-order chi connectivity index (χ1) is 10.6. The lowest BCUT2D eigenvalue weighted by Crippen LogP contribution is -2.32. The predicted octanol–water partition coefficient (Wildman–Crippen LogP) is 2.30. The maximum Gasteiger partial charge on any atom is 0.229 e. The standard InChI is InChI=1S/C16H17ClN2O3/c17-13-4-1-3-12(9-13)6-7-18-15(20)10-16(21)19-11-14-5-2-8-22-14/h1-5,8-9H,6-7,10-11H2,(H,18,20)(H,19,21). The minimum Gasteiger partial charge on any atom is -0.467 e. The number of benzene rings is 1. The van der Waals surface area contributed by atoms with E-state index >= 15 is 0 Å². The lowest BCUT2D eigenvalue weighted by Gasteiger charge is -2.06. The zero-order valence-corrected chi connectivity index (χ0v) is 12.7. The minimum absolute atomic E-state index is 0.198. The van der Waals surface area contributed by atoms with Crippen molar-refractivity contribution in [3.63, 3.8) is 0 Å². The van der Waals surface area contributed by atoms with Gasteiger partial charge in [0.05, 0.1) is 12.8 Å². The first-order valence-corrected chi connectivity index (χ1v) is 7.31. The van der Waals surface area contributed by atoms with Gasteiger partial charge < -0.3 is 15.1 Å². The summed E-state index contributed by atoms with van der Waals surface area (Å²) < 4.78 is 5.09. The molecule has 1 aromatic heterocycles. The molecule has 0 saturated carbocycles. The van der Waals surface area contributed by atoms with Crippen molar-refractivity contribution in [3.8, 4) is 0 Å². The highest BCUT2D eigenvalue weighted by atomic mass is 35.5. The van der Waals surface area contributed by atoms with E-state index in [0.29, 0.717) is 23.7 Å². The summed E-state index contributed by atoms with van der Waals surface area (Å²) in [6, 6.07) is 10.9. The van der Waals surface area contributed by atoms with Crippen LogP contribution in [0.15, 0.2) is 47.1 Å². The number of carbonyl (C=O) groups excluding carboxylic acids is 2. The fourth-order valence-electron chi connectivity index (χ4n) is 1.91. The second-order valence-electron chi connectivity index (χ2n) is 4.76. The van der Waals surface area contributed by atoms with Crippen LogP contribution in [0.2, 0.25) is 5.02 Å². The largest absolute Gasteiger partial charge is 0.467 e. The van der Waals surface area contributed by atoms with Crippen molar-refractivity contribution in [1.82, 2.24) is 10.6 Å². The van der Waals surface area contributed by atoms with Gasteiger partial charge in [-0.15, -0.1) is 0 Å². The summed E-state index contributed by atoms with van der Waals surface area (Å²) in [7, 11) is 0. The molecule has 0 aliphatic rings. The predicted molar refractivity (Wildman–Crippen MR) is 83.3 cm³/mol. The van der Waals surface area contributed by atoms with Crippen LogP contribution in [0.3, 0.4) is 0 Å². The van der Waals surface area contributed by atoms with Gasteiger partial charge in [0.25, 0.3) is 0 Å². The molecule has 0 unspecified atom stereocenters. The molecule has 2 aromatic rings. The number of furan rings is 1. The molecule has 0 radical (unpaired) electrons. The molecule has 1 aromatic carbocycles. The SMILES string of the molecule is O=C(CC(=O)NCc1ccco1)NCCc1cccc(Cl)c1. The molecule has 0 aliphatic carbocycles. The number of hydrogen-bond donors (Lipinski definition) is 2. The van der Waals surface area contributed by atoms with Crippen molar-refractivity contribution < 1.29 is 14.0 Å². The van der Waals surface area contributed by atoms with Gasteiger partial charge in [-0.1, -0.05) is 23.7 Å². The number of halogens is 1. The minimum atomic E-state index is -0.336. The van der Waals surface area contributed by atoms with Gasteiger partial charge in [0.1, 0.15) is 12.2 Å². The third-order valence-electron chi connectivity index (χ3n) is 2.99. The van der Waals surface area contributed by atoms with Crippen LogP contribution in [-0.2, 0) is 22.6 Å². The van der Waals surface area contributed by atoms with Crippen LogP contribution >= 0.6 is 11.6 Å². The number of carbonyl (C=O) groups is 2. The molecule has 2 N–H and O–H groups in total. The molecule has 0 fully saturated rings. The molecule has 2 rings (SSSR count). The Kier molecular flexibility index (Phi) is 6.03. The number of rotatable bonds is 7. The summed E-state index contributed by atoms with van der Waals surface area (Å²) in [6.45, 7) is 0.742. The van der Waals surface area contributed by atoms with Crippen LogP contribution in [0.1, 0.15) is 17.7 Å². The molecule has 1 heterocycles. The highest BCUT2D eigenvalue weighted by molar-refractivity contribution is 6.30. The van der Waals surface area contributed by atoms with Crippen LogP contribution in [0.25, 0.3) is 0 Å². The number of amides is 2. The second kappa shape index (κ2) is 8.24. The Labute approximate surface area is 133 Å². The monoisotopic (exact) mass is 320 g/mol. The summed E-state index contributed by atoms with van der Waals surface area (Å²) in [4.78, 5) is 23.2. The third-order valence-corrected chi connectivity index (χ3v) is 3.22. The Hall–Kier alpha value is -2.27. The van der Waals surface area contributed by atoms with E-state index in [1.165, 1.54) is 6.26 Å². The Morgan fingerprint density at radius 2 is 1.91 bits per heavy atom. The maximum absolute atomic E-state index is 11.7. The van der Waals surface area contributed by atoms with E-state index in [1.54, 1.807) is 18.2 Å². The van der Waals surface area contributed by atoms with Crippen LogP contribution in [-0.4, -0.2) is 18.4 Å². The van der Waals surface area contributed by atoms with E-state index in [1.807, 2.05) is 18.2 Å². The lowest BCUT2D eigenvalue weighted by molar-refractivity contribution is -0.129. The topological polar surface area (TPSA) is 71.3 Å². The summed E-state index contributed by atoms with van der Waals surface area (Å²) in [6.07, 6.45) is 2.00. The summed E-state index contributed by atoms with van der Waals surface area (Å²) in [5, 5.41) is 6.00. The van der Waals surface area contributed by atoms with Crippen LogP contribution in [0.4, 0.5) is 0 Å². The van der Waals surface area contributed by atoms with Crippen molar-refractivity contribution in [3.05, 3.63) is 59.0 Å². The fraction of sp³-hybridized carbons (Fsp3) is 0.250. The first kappa shape index (κ1) is 16.1. The molecule has 0 saturated heterocycles. The Bertz CT molecular complexity index is 626. The van der Waals surface area contributed by atoms with Crippen LogP contribution in [0.5, 0.6) is 0 Å². The van der Waals surface area contributed by atoms with E-state index in [2.05, 4.69) is 10.6 Å². The van der Waals surface area contributed by atoms with Gasteiger partial charge in [0, 0.05) is 11.6 Å². The molecule has 0 aliphatic heterocycles. The normalized spacial score (nSPS) is 10.2. The maximum atomic E-state index is 11.7. The molecule has 5 nitrogen and oxygen atoms in total. The van der Waals surface area contributed by atoms with E-state index in [9.17, 15) is 9.59 Å². The quantitative estimate of drug-likeness (QED) is 0.769. The molecular weight excluding hydrogens is 304 g/mol. The van der Waals surface area contributed by atoms with Crippen molar-refractivity contribution in [2.45, 2.75) is 19.4 Å². The van der Waals surface area contributed by atoms with Crippen molar-refractivity contribution in [1.29, 1.82) is 0 Å². The number of nitrogens with one attached hydrogen (secondary N) is 2. The molecule has 116 valence electrons. The van der Waals surface area contributed by atoms with Gasteiger partial charge in [-0.25, -0.2) is 0 Å². The summed E-state index contributed by atoms with van der Waals surface area (Å²) in [5.74, 6) is 0.00495. The summed E-state index contributed by atoms with van der Waals surface area (Å²) in [5.41, 5.74) is 1.04. The van der Waals surface area contributed by atoms with Crippen molar-refractivity contribution >= 4 is 23.4 Å². The van der Waals surface area contributed by atoms with Crippen molar-refractivity contribution in [2.75, 3.05) is 6.54 Å². The van der Waals surface area contributed by atoms with Crippen LogP contribution < -0.4 is 10.6 Å². The van der Waals surface area contributed by atoms with E-state index in [-0.39, 0.29) is 24.8 Å². The third kappa shape index (κ3) is 5.61. The molecule has 0 bridgehead atoms. The summed E-state index contributed by atoms with van der Waals surface area (Å²) >= 11 is 5.88.